The van der Waals surface area contributed by atoms with Crippen LogP contribution in [-0.2, 0) is 21.4 Å². The Kier molecular flexibility index (Phi) is 5.92. The Bertz CT molecular complexity index is 1330. The molecule has 156 valence electrons. The number of carbonyl (C=O) groups excluding carboxylic acids is 1. The molecule has 0 aliphatic carbocycles. The summed E-state index contributed by atoms with van der Waals surface area (Å²) in [6, 6.07) is 19.1. The first-order valence-corrected chi connectivity index (χ1v) is 10.9. The summed E-state index contributed by atoms with van der Waals surface area (Å²) >= 11 is 0. The van der Waals surface area contributed by atoms with Crippen LogP contribution in [0.1, 0.15) is 11.3 Å². The third kappa shape index (κ3) is 5.25. The Hall–Kier alpha value is -3.75. The highest BCUT2D eigenvalue weighted by Crippen LogP contribution is 2.16. The van der Waals surface area contributed by atoms with E-state index in [9.17, 15) is 13.2 Å². The lowest BCUT2D eigenvalue weighted by Gasteiger charge is -2.06. The molecule has 0 bridgehead atoms. The molecule has 2 heterocycles. The van der Waals surface area contributed by atoms with Crippen LogP contribution in [0.3, 0.4) is 0 Å². The molecule has 0 unspecified atom stereocenters. The second kappa shape index (κ2) is 8.95. The number of hydrogen-bond donors (Lipinski definition) is 2. The zero-order valence-corrected chi connectivity index (χ0v) is 17.2. The molecule has 8 heteroatoms. The maximum Gasteiger partial charge on any atom is 0.248 e. The van der Waals surface area contributed by atoms with Crippen LogP contribution in [0.2, 0.25) is 0 Å². The minimum atomic E-state index is -3.66. The molecule has 2 N–H and O–H groups in total. The molecule has 7 nitrogen and oxygen atoms in total. The average molecular weight is 433 g/mol. The molecule has 0 spiro atoms. The van der Waals surface area contributed by atoms with Crippen molar-refractivity contribution in [3.63, 3.8) is 0 Å². The number of amides is 1. The lowest BCUT2D eigenvalue weighted by Crippen LogP contribution is -2.22. The van der Waals surface area contributed by atoms with Gasteiger partial charge in [0.15, 0.2) is 0 Å². The number of para-hydroxylation sites is 1. The van der Waals surface area contributed by atoms with Crippen molar-refractivity contribution in [2.24, 2.45) is 0 Å². The molecule has 0 aliphatic heterocycles. The molecule has 0 atom stereocenters. The van der Waals surface area contributed by atoms with Crippen molar-refractivity contribution < 1.29 is 17.6 Å². The van der Waals surface area contributed by atoms with Crippen molar-refractivity contribution in [3.05, 3.63) is 96.6 Å². The van der Waals surface area contributed by atoms with Gasteiger partial charge in [-0.3, -0.25) is 9.78 Å². The molecular weight excluding hydrogens is 414 g/mol. The van der Waals surface area contributed by atoms with Gasteiger partial charge in [-0.1, -0.05) is 30.3 Å². The average Bonchev–Trinajstić information content (AvgIpc) is 3.30. The third-order valence-corrected chi connectivity index (χ3v) is 5.91. The van der Waals surface area contributed by atoms with E-state index in [2.05, 4.69) is 15.0 Å². The Labute approximate surface area is 179 Å². The summed E-state index contributed by atoms with van der Waals surface area (Å²) in [6.45, 7) is 0.0702. The van der Waals surface area contributed by atoms with Gasteiger partial charge >= 0.3 is 0 Å². The smallest absolute Gasteiger partial charge is 0.248 e. The first kappa shape index (κ1) is 20.5. The number of rotatable bonds is 7. The topological polar surface area (TPSA) is 101 Å². The van der Waals surface area contributed by atoms with Gasteiger partial charge in [0, 0.05) is 11.5 Å². The van der Waals surface area contributed by atoms with Gasteiger partial charge in [0.2, 0.25) is 15.9 Å². The second-order valence-corrected chi connectivity index (χ2v) is 8.48. The number of nitrogens with one attached hydrogen (secondary N) is 2. The monoisotopic (exact) mass is 433 g/mol. The van der Waals surface area contributed by atoms with Crippen molar-refractivity contribution in [1.29, 1.82) is 0 Å². The lowest BCUT2D eigenvalue weighted by atomic mass is 10.2. The van der Waals surface area contributed by atoms with Gasteiger partial charge in [0.05, 0.1) is 35.1 Å². The summed E-state index contributed by atoms with van der Waals surface area (Å²) in [6.07, 6.45) is 6.07. The molecule has 2 aromatic carbocycles. The van der Waals surface area contributed by atoms with Gasteiger partial charge < -0.3 is 9.73 Å². The summed E-state index contributed by atoms with van der Waals surface area (Å²) in [4.78, 5) is 16.6. The summed E-state index contributed by atoms with van der Waals surface area (Å²) in [7, 11) is -3.66. The van der Waals surface area contributed by atoms with Gasteiger partial charge in [-0.25, -0.2) is 13.1 Å². The van der Waals surface area contributed by atoms with E-state index >= 15 is 0 Å². The zero-order valence-electron chi connectivity index (χ0n) is 16.4. The van der Waals surface area contributed by atoms with Crippen LogP contribution in [0.25, 0.3) is 17.0 Å². The summed E-state index contributed by atoms with van der Waals surface area (Å²) in [5.41, 5.74) is 2.14. The first-order chi connectivity index (χ1) is 15.0. The van der Waals surface area contributed by atoms with Crippen molar-refractivity contribution >= 4 is 38.6 Å². The predicted octanol–water partition coefficient (Wildman–Crippen LogP) is 3.96. The highest BCUT2D eigenvalue weighted by molar-refractivity contribution is 7.89. The van der Waals surface area contributed by atoms with Gasteiger partial charge in [0.25, 0.3) is 0 Å². The van der Waals surface area contributed by atoms with Crippen LogP contribution in [-0.4, -0.2) is 19.3 Å². The van der Waals surface area contributed by atoms with Gasteiger partial charge in [-0.05, 0) is 48.0 Å². The normalized spacial score (nSPS) is 11.7. The maximum atomic E-state index is 12.4. The van der Waals surface area contributed by atoms with Gasteiger partial charge in [-0.2, -0.15) is 0 Å². The highest BCUT2D eigenvalue weighted by atomic mass is 32.2. The van der Waals surface area contributed by atoms with Crippen LogP contribution in [0.4, 0.5) is 5.69 Å². The van der Waals surface area contributed by atoms with Crippen molar-refractivity contribution in [2.45, 2.75) is 11.4 Å². The maximum absolute atomic E-state index is 12.4. The van der Waals surface area contributed by atoms with Gasteiger partial charge in [0.1, 0.15) is 5.76 Å². The number of fused-ring (bicyclic) bond motifs is 1. The Morgan fingerprint density at radius 2 is 1.84 bits per heavy atom. The second-order valence-electron chi connectivity index (χ2n) is 6.71. The number of carbonyl (C=O) groups is 1. The van der Waals surface area contributed by atoms with E-state index in [0.717, 1.165) is 10.9 Å². The zero-order chi connectivity index (χ0) is 21.7. The van der Waals surface area contributed by atoms with Crippen LogP contribution in [0, 0.1) is 0 Å². The number of hydrogen-bond acceptors (Lipinski definition) is 5. The fraction of sp³-hybridized carbons (Fsp3) is 0.0435. The van der Waals surface area contributed by atoms with Crippen LogP contribution >= 0.6 is 0 Å². The molecular formula is C23H19N3O4S. The Morgan fingerprint density at radius 1 is 1.03 bits per heavy atom. The number of anilines is 1. The fourth-order valence-corrected chi connectivity index (χ4v) is 3.91. The van der Waals surface area contributed by atoms with E-state index in [-0.39, 0.29) is 17.3 Å². The number of benzene rings is 2. The van der Waals surface area contributed by atoms with E-state index in [4.69, 9.17) is 4.42 Å². The fourth-order valence-electron chi connectivity index (χ4n) is 2.92. The molecule has 0 fully saturated rings. The largest absolute Gasteiger partial charge is 0.468 e. The molecule has 4 aromatic rings. The van der Waals surface area contributed by atoms with Crippen LogP contribution in [0.15, 0.2) is 94.6 Å². The quantitative estimate of drug-likeness (QED) is 0.430. The highest BCUT2D eigenvalue weighted by Gasteiger charge is 2.14. The van der Waals surface area contributed by atoms with Crippen molar-refractivity contribution in [3.8, 4) is 0 Å². The predicted molar refractivity (Wildman–Crippen MR) is 119 cm³/mol. The Balaban J connectivity index is 1.37. The molecule has 0 aliphatic rings. The van der Waals surface area contributed by atoms with E-state index < -0.39 is 10.0 Å². The summed E-state index contributed by atoms with van der Waals surface area (Å²) in [5.74, 6) is 0.213. The molecule has 1 amide bonds. The minimum absolute atomic E-state index is 0.0702. The standard InChI is InChI=1S/C23H19N3O4S/c27-23(26-19-14-18-4-1-2-6-22(18)24-15-19)12-9-17-7-10-21(11-8-17)31(28,29)25-16-20-5-3-13-30-20/h1-15,25H,16H2,(H,26,27)/b12-9+. The van der Waals surface area contributed by atoms with Crippen LogP contribution < -0.4 is 10.0 Å². The van der Waals surface area contributed by atoms with E-state index in [0.29, 0.717) is 17.0 Å². The number of sulfonamides is 1. The van der Waals surface area contributed by atoms with E-state index in [1.165, 1.54) is 24.5 Å². The number of aromatic nitrogens is 1. The number of furan rings is 1. The van der Waals surface area contributed by atoms with Gasteiger partial charge in [-0.15, -0.1) is 0 Å². The molecule has 31 heavy (non-hydrogen) atoms. The SMILES string of the molecule is O=C(/C=C/c1ccc(S(=O)(=O)NCc2ccco2)cc1)Nc1cnc2ccccc2c1. The Morgan fingerprint density at radius 3 is 2.61 bits per heavy atom. The summed E-state index contributed by atoms with van der Waals surface area (Å²) < 4.78 is 32.3. The molecule has 0 saturated carbocycles. The third-order valence-electron chi connectivity index (χ3n) is 4.49. The van der Waals surface area contributed by atoms with E-state index in [1.807, 2.05) is 30.3 Å². The number of pyridine rings is 1. The lowest BCUT2D eigenvalue weighted by molar-refractivity contribution is -0.111. The minimum Gasteiger partial charge on any atom is -0.468 e. The summed E-state index contributed by atoms with van der Waals surface area (Å²) in [5, 5.41) is 3.70. The first-order valence-electron chi connectivity index (χ1n) is 9.46. The van der Waals surface area contributed by atoms with E-state index in [1.54, 1.807) is 36.5 Å². The molecule has 2 aromatic heterocycles. The van der Waals surface area contributed by atoms with Crippen molar-refractivity contribution in [2.75, 3.05) is 5.32 Å². The molecule has 0 saturated heterocycles. The van der Waals surface area contributed by atoms with Crippen LogP contribution in [0.5, 0.6) is 0 Å². The molecule has 4 rings (SSSR count). The van der Waals surface area contributed by atoms with Crippen molar-refractivity contribution in [1.82, 2.24) is 9.71 Å². The number of nitrogens with zero attached hydrogens (tertiary/aromatic N) is 1. The molecule has 0 radical (unpaired) electrons.